The molecule has 2 N–H and O–H groups in total. The number of H-pyrrole nitrogens is 2. The Hall–Kier alpha value is -9.76. The van der Waals surface area contributed by atoms with Crippen molar-refractivity contribution in [2.45, 2.75) is 130 Å². The summed E-state index contributed by atoms with van der Waals surface area (Å²) in [7, 11) is 0. The second kappa shape index (κ2) is 30.8. The number of ether oxygens (including phenoxy) is 14. The zero-order valence-electron chi connectivity index (χ0n) is 51.7. The van der Waals surface area contributed by atoms with Gasteiger partial charge in [-0.25, -0.2) is 9.97 Å². The lowest BCUT2D eigenvalue weighted by molar-refractivity contribution is -0.308. The molecule has 9 rings (SSSR count). The molecule has 4 aliphatic heterocycles. The van der Waals surface area contributed by atoms with Gasteiger partial charge in [-0.05, 0) is 96.1 Å². The SMILES string of the molecule is CC(=O)OC[C@@H]1O[C@H](OCCCOc2ccc(-c3c4nc(cc5ccc([nH]5)c(-c5ccc(OCCCO[C@@H]6O[C@H](COC(C)=O)[C@@H](OC(C)=O)[C@H](OC(C)=O)[C@H]6OC(C)=O)cc5)c5nc(cc6ccc3[nH]6)C=C5)C=C4)cc2)[C@@H](OC(C)=O)[C@H](OC(C)=O)[C@H]1OC(C)=O. The normalized spacial score (nSPS) is 21.4. The van der Waals surface area contributed by atoms with Crippen LogP contribution in [-0.2, 0) is 95.2 Å². The van der Waals surface area contributed by atoms with Crippen LogP contribution in [0.2, 0.25) is 0 Å². The number of aromatic nitrogens is 4. The monoisotopic (exact) mass is 1270 g/mol. The number of carbonyl (C=O) groups is 8. The first-order valence-electron chi connectivity index (χ1n) is 29.6. The number of rotatable bonds is 24. The fourth-order valence-corrected chi connectivity index (χ4v) is 10.7. The van der Waals surface area contributed by atoms with Gasteiger partial charge in [-0.2, -0.15) is 0 Å². The highest BCUT2D eigenvalue weighted by molar-refractivity contribution is 5.93. The van der Waals surface area contributed by atoms with E-state index in [1.165, 1.54) is 13.8 Å². The minimum atomic E-state index is -1.35. The predicted molar refractivity (Wildman–Crippen MR) is 326 cm³/mol. The summed E-state index contributed by atoms with van der Waals surface area (Å²) in [6, 6.07) is 27.0. The van der Waals surface area contributed by atoms with Gasteiger partial charge in [0.15, 0.2) is 49.2 Å². The van der Waals surface area contributed by atoms with Crippen molar-refractivity contribution >= 4 is 94.1 Å². The highest BCUT2D eigenvalue weighted by atomic mass is 16.7. The minimum Gasteiger partial charge on any atom is -0.494 e. The summed E-state index contributed by atoms with van der Waals surface area (Å²) < 4.78 is 79.6. The van der Waals surface area contributed by atoms with Crippen LogP contribution >= 0.6 is 0 Å². The Kier molecular flexibility index (Phi) is 22.3. The van der Waals surface area contributed by atoms with Crippen molar-refractivity contribution in [1.82, 2.24) is 19.9 Å². The summed E-state index contributed by atoms with van der Waals surface area (Å²) in [6.45, 7) is 8.94. The zero-order valence-corrected chi connectivity index (χ0v) is 51.7. The maximum atomic E-state index is 12.3. The standard InChI is InChI=1S/C66H70N4O22/c1-35(71)83-33-55-59(85-37(3)73)61(87-39(5)75)63(89-41(7)77)65(91-55)81-29-9-27-79-49-19-11-43(12-20-49)57-51-23-15-45(67-51)31-47-17-25-53(69-47)58(54-26-18-48(70-54)32-46-16-24-52(57)68-46)44-13-21-50(22-14-44)80-28-10-30-82-66-64(90-42(8)78)62(88-40(6)76)60(86-38(4)74)56(92-66)34-84-36(2)72/h11-26,31-32,55-56,59-67,70H,9-10,27-30,33-34H2,1-8H3/t55-,56+,59-,60+,61+,62-,63-,64+,65-,66+. The van der Waals surface area contributed by atoms with E-state index in [0.29, 0.717) is 35.7 Å². The van der Waals surface area contributed by atoms with Gasteiger partial charge in [-0.15, -0.1) is 0 Å². The fourth-order valence-electron chi connectivity index (χ4n) is 10.7. The largest absolute Gasteiger partial charge is 0.494 e. The van der Waals surface area contributed by atoms with E-state index in [0.717, 1.165) is 97.3 Å². The lowest BCUT2D eigenvalue weighted by Crippen LogP contribution is -2.63. The van der Waals surface area contributed by atoms with Crippen molar-refractivity contribution in [2.75, 3.05) is 39.6 Å². The summed E-state index contributed by atoms with van der Waals surface area (Å²) in [5.74, 6) is -4.60. The molecular weight excluding hydrogens is 1200 g/mol. The predicted octanol–water partition coefficient (Wildman–Crippen LogP) is 7.73. The van der Waals surface area contributed by atoms with E-state index in [1.54, 1.807) is 0 Å². The minimum absolute atomic E-state index is 0.0248. The number of benzene rings is 2. The summed E-state index contributed by atoms with van der Waals surface area (Å²) in [6.07, 6.45) is -4.45. The molecule has 92 heavy (non-hydrogen) atoms. The molecule has 8 bridgehead atoms. The van der Waals surface area contributed by atoms with Gasteiger partial charge >= 0.3 is 47.8 Å². The Morgan fingerprint density at radius 1 is 0.402 bits per heavy atom. The molecule has 26 nitrogen and oxygen atoms in total. The highest BCUT2D eigenvalue weighted by Crippen LogP contribution is 2.36. The van der Waals surface area contributed by atoms with Crippen LogP contribution in [0.25, 0.3) is 68.6 Å². The van der Waals surface area contributed by atoms with Crippen LogP contribution in [-0.4, -0.2) is 169 Å². The molecule has 486 valence electrons. The Morgan fingerprint density at radius 3 is 1.10 bits per heavy atom. The topological polar surface area (TPSA) is 323 Å². The Morgan fingerprint density at radius 2 is 0.750 bits per heavy atom. The molecule has 5 aromatic rings. The third-order valence-electron chi connectivity index (χ3n) is 14.3. The molecule has 2 aromatic carbocycles. The first kappa shape index (κ1) is 66.7. The Balaban J connectivity index is 0.872. The van der Waals surface area contributed by atoms with Gasteiger partial charge in [0, 0.05) is 101 Å². The molecule has 0 spiro atoms. The van der Waals surface area contributed by atoms with Crippen molar-refractivity contribution in [2.24, 2.45) is 0 Å². The van der Waals surface area contributed by atoms with Gasteiger partial charge in [0.05, 0.1) is 49.2 Å². The molecule has 0 radical (unpaired) electrons. The molecule has 0 aliphatic carbocycles. The summed E-state index contributed by atoms with van der Waals surface area (Å²) >= 11 is 0. The van der Waals surface area contributed by atoms with Gasteiger partial charge in [0.1, 0.15) is 36.9 Å². The molecule has 0 saturated carbocycles. The highest BCUT2D eigenvalue weighted by Gasteiger charge is 2.54. The van der Waals surface area contributed by atoms with Crippen LogP contribution in [0.1, 0.15) is 91.0 Å². The van der Waals surface area contributed by atoms with Crippen LogP contribution in [0.3, 0.4) is 0 Å². The van der Waals surface area contributed by atoms with E-state index in [9.17, 15) is 38.4 Å². The van der Waals surface area contributed by atoms with E-state index < -0.39 is 109 Å². The smallest absolute Gasteiger partial charge is 0.303 e. The number of nitrogens with one attached hydrogen (secondary N) is 2. The number of fused-ring (bicyclic) bond motifs is 8. The van der Waals surface area contributed by atoms with Gasteiger partial charge in [-0.3, -0.25) is 38.4 Å². The number of nitrogens with zero attached hydrogens (tertiary/aromatic N) is 2. The quantitative estimate of drug-likeness (QED) is 0.0332. The molecule has 26 heteroatoms. The van der Waals surface area contributed by atoms with Gasteiger partial charge < -0.3 is 76.3 Å². The summed E-state index contributed by atoms with van der Waals surface area (Å²) in [4.78, 5) is 114. The van der Waals surface area contributed by atoms with Crippen molar-refractivity contribution in [3.05, 3.63) is 108 Å². The zero-order chi connectivity index (χ0) is 65.6. The van der Waals surface area contributed by atoms with Crippen molar-refractivity contribution in [3.63, 3.8) is 0 Å². The van der Waals surface area contributed by atoms with E-state index in [4.69, 9.17) is 76.3 Å². The first-order valence-corrected chi connectivity index (χ1v) is 29.6. The van der Waals surface area contributed by atoms with Gasteiger partial charge in [0.25, 0.3) is 0 Å². The van der Waals surface area contributed by atoms with E-state index in [-0.39, 0.29) is 39.6 Å². The maximum Gasteiger partial charge on any atom is 0.303 e. The second-order valence-electron chi connectivity index (χ2n) is 21.5. The molecule has 0 amide bonds. The van der Waals surface area contributed by atoms with Crippen LogP contribution < -0.4 is 9.47 Å². The number of hydrogen-bond acceptors (Lipinski definition) is 24. The molecule has 3 aromatic heterocycles. The first-order chi connectivity index (χ1) is 44.1. The molecule has 10 atom stereocenters. The number of esters is 8. The van der Waals surface area contributed by atoms with Crippen molar-refractivity contribution in [3.8, 4) is 33.8 Å². The Bertz CT molecular complexity index is 3520. The fraction of sp³-hybridized carbons (Fsp3) is 0.394. The van der Waals surface area contributed by atoms with Crippen molar-refractivity contribution in [1.29, 1.82) is 0 Å². The van der Waals surface area contributed by atoms with E-state index in [1.807, 2.05) is 109 Å². The lowest BCUT2D eigenvalue weighted by Gasteiger charge is -2.44. The average molecular weight is 1270 g/mol. The molecular formula is C66H70N4O22. The van der Waals surface area contributed by atoms with Gasteiger partial charge in [-0.1, -0.05) is 24.3 Å². The van der Waals surface area contributed by atoms with Crippen LogP contribution in [0, 0.1) is 0 Å². The van der Waals surface area contributed by atoms with Crippen LogP contribution in [0.5, 0.6) is 11.5 Å². The van der Waals surface area contributed by atoms with Crippen LogP contribution in [0.4, 0.5) is 0 Å². The molecule has 2 saturated heterocycles. The van der Waals surface area contributed by atoms with E-state index >= 15 is 0 Å². The van der Waals surface area contributed by atoms with E-state index in [2.05, 4.69) is 9.97 Å². The van der Waals surface area contributed by atoms with Gasteiger partial charge in [0.2, 0.25) is 0 Å². The summed E-state index contributed by atoms with van der Waals surface area (Å²) in [5, 5.41) is 0. The average Bonchev–Trinajstić information content (AvgIpc) is 1.18. The molecule has 0 unspecified atom stereocenters. The number of carbonyl (C=O) groups excluding carboxylic acids is 8. The summed E-state index contributed by atoms with van der Waals surface area (Å²) in [5.41, 5.74) is 9.45. The Labute approximate surface area is 527 Å². The third-order valence-corrected chi connectivity index (χ3v) is 14.3. The molecule has 4 aliphatic rings. The molecule has 7 heterocycles. The number of aromatic amines is 2. The van der Waals surface area contributed by atoms with Crippen LogP contribution in [0.15, 0.2) is 84.9 Å². The van der Waals surface area contributed by atoms with Crippen molar-refractivity contribution < 1.29 is 105 Å². The number of hydrogen-bond donors (Lipinski definition) is 2. The maximum absolute atomic E-state index is 12.3. The second-order valence-corrected chi connectivity index (χ2v) is 21.5. The third kappa shape index (κ3) is 17.8. The lowest BCUT2D eigenvalue weighted by atomic mass is 9.98. The molecule has 2 fully saturated rings.